The first-order valence-corrected chi connectivity index (χ1v) is 3.45. The van der Waals surface area contributed by atoms with E-state index in [4.69, 9.17) is 0 Å². The number of rotatable bonds is 2. The van der Waals surface area contributed by atoms with Gasteiger partial charge in [0.2, 0.25) is 0 Å². The van der Waals surface area contributed by atoms with Crippen molar-refractivity contribution in [1.29, 1.82) is 0 Å². The Balaban J connectivity index is 5.29. The summed E-state index contributed by atoms with van der Waals surface area (Å²) in [6.45, 7) is 0.691. The Morgan fingerprint density at radius 3 is 1.21 bits per heavy atom. The maximum atomic E-state index is 12.6. The van der Waals surface area contributed by atoms with Gasteiger partial charge in [-0.15, -0.1) is 0 Å². The molecule has 0 heterocycles. The molecule has 0 aliphatic rings. The van der Waals surface area contributed by atoms with Gasteiger partial charge in [0.05, 0.1) is 0 Å². The fraction of sp³-hybridized carbons (Fsp3) is 1.00. The molecule has 1 atom stereocenters. The molecular formula is C6H6F8. The van der Waals surface area contributed by atoms with Gasteiger partial charge in [-0.05, 0) is 6.42 Å². The van der Waals surface area contributed by atoms with Crippen molar-refractivity contribution in [3.63, 3.8) is 0 Å². The topological polar surface area (TPSA) is 0 Å². The lowest BCUT2D eigenvalue weighted by atomic mass is 9.96. The van der Waals surface area contributed by atoms with Gasteiger partial charge in [0.1, 0.15) is 0 Å². The van der Waals surface area contributed by atoms with Gasteiger partial charge in [0, 0.05) is 0 Å². The molecule has 0 spiro atoms. The lowest BCUT2D eigenvalue weighted by Crippen LogP contribution is -2.59. The van der Waals surface area contributed by atoms with Gasteiger partial charge >= 0.3 is 18.0 Å². The summed E-state index contributed by atoms with van der Waals surface area (Å²) >= 11 is 0. The quantitative estimate of drug-likeness (QED) is 0.636. The van der Waals surface area contributed by atoms with Gasteiger partial charge in [0.15, 0.2) is 6.17 Å². The van der Waals surface area contributed by atoms with Crippen LogP contribution in [0, 0.1) is 0 Å². The Hall–Kier alpha value is -0.560. The normalized spacial score (nSPS) is 16.9. The third-order valence-corrected chi connectivity index (χ3v) is 1.62. The molecule has 0 aliphatic carbocycles. The summed E-state index contributed by atoms with van der Waals surface area (Å²) in [5.41, 5.74) is -5.78. The van der Waals surface area contributed by atoms with Crippen LogP contribution < -0.4 is 0 Å². The summed E-state index contributed by atoms with van der Waals surface area (Å²) in [5, 5.41) is 0. The second kappa shape index (κ2) is 3.54. The largest absolute Gasteiger partial charge is 0.434 e. The first-order valence-electron chi connectivity index (χ1n) is 3.45. The molecule has 0 nitrogen and oxygen atoms in total. The lowest BCUT2D eigenvalue weighted by molar-refractivity contribution is -0.357. The van der Waals surface area contributed by atoms with Crippen LogP contribution in [-0.2, 0) is 0 Å². The van der Waals surface area contributed by atoms with Crippen LogP contribution in [0.3, 0.4) is 0 Å². The Kier molecular flexibility index (Phi) is 3.40. The van der Waals surface area contributed by atoms with Crippen molar-refractivity contribution in [3.8, 4) is 0 Å². The van der Waals surface area contributed by atoms with Crippen molar-refractivity contribution in [1.82, 2.24) is 0 Å². The van der Waals surface area contributed by atoms with Gasteiger partial charge in [-0.1, -0.05) is 6.92 Å². The van der Waals surface area contributed by atoms with E-state index in [1.807, 2.05) is 0 Å². The molecule has 0 saturated heterocycles. The molecule has 0 fully saturated rings. The molecule has 0 aromatic carbocycles. The number of halogens is 8. The number of alkyl halides is 8. The molecule has 0 aromatic heterocycles. The minimum atomic E-state index is -6.30. The first-order chi connectivity index (χ1) is 5.98. The average Bonchev–Trinajstić information content (AvgIpc) is 1.97. The molecule has 0 aliphatic heterocycles. The zero-order valence-electron chi connectivity index (χ0n) is 6.81. The SMILES string of the molecule is CCC(F)C(F)(C(F)(F)F)C(F)(F)F. The predicted octanol–water partition coefficient (Wildman–Crippen LogP) is 3.57. The summed E-state index contributed by atoms with van der Waals surface area (Å²) in [5.74, 6) is 0. The minimum absolute atomic E-state index is 0.691. The molecule has 0 saturated carbocycles. The van der Waals surface area contributed by atoms with Gasteiger partial charge < -0.3 is 0 Å². The molecule has 0 aromatic rings. The van der Waals surface area contributed by atoms with Crippen LogP contribution in [0.25, 0.3) is 0 Å². The van der Waals surface area contributed by atoms with Crippen molar-refractivity contribution in [2.24, 2.45) is 0 Å². The summed E-state index contributed by atoms with van der Waals surface area (Å²) in [4.78, 5) is 0. The van der Waals surface area contributed by atoms with E-state index in [0.29, 0.717) is 6.92 Å². The highest BCUT2D eigenvalue weighted by Gasteiger charge is 2.76. The third kappa shape index (κ3) is 1.93. The second-order valence-corrected chi connectivity index (χ2v) is 2.58. The van der Waals surface area contributed by atoms with Crippen LogP contribution in [0.15, 0.2) is 0 Å². The van der Waals surface area contributed by atoms with Crippen molar-refractivity contribution in [2.45, 2.75) is 37.5 Å². The monoisotopic (exact) mass is 230 g/mol. The van der Waals surface area contributed by atoms with E-state index in [2.05, 4.69) is 0 Å². The van der Waals surface area contributed by atoms with Gasteiger partial charge in [-0.2, -0.15) is 26.3 Å². The molecule has 8 heteroatoms. The number of hydrogen-bond acceptors (Lipinski definition) is 0. The van der Waals surface area contributed by atoms with E-state index < -0.39 is 30.6 Å². The highest BCUT2D eigenvalue weighted by Crippen LogP contribution is 2.49. The first kappa shape index (κ1) is 13.4. The van der Waals surface area contributed by atoms with Crippen LogP contribution in [0.1, 0.15) is 13.3 Å². The molecular weight excluding hydrogens is 224 g/mol. The molecule has 0 bridgehead atoms. The van der Waals surface area contributed by atoms with Crippen LogP contribution in [0.4, 0.5) is 35.1 Å². The molecule has 0 rings (SSSR count). The van der Waals surface area contributed by atoms with Gasteiger partial charge in [-0.3, -0.25) is 0 Å². The fourth-order valence-electron chi connectivity index (χ4n) is 0.797. The van der Waals surface area contributed by atoms with E-state index in [1.54, 1.807) is 0 Å². The Morgan fingerprint density at radius 2 is 1.14 bits per heavy atom. The molecule has 86 valence electrons. The van der Waals surface area contributed by atoms with Gasteiger partial charge in [-0.25, -0.2) is 8.78 Å². The highest BCUT2D eigenvalue weighted by atomic mass is 19.4. The summed E-state index contributed by atoms with van der Waals surface area (Å²) < 4.78 is 95.1. The third-order valence-electron chi connectivity index (χ3n) is 1.62. The molecule has 1 unspecified atom stereocenters. The van der Waals surface area contributed by atoms with Crippen molar-refractivity contribution in [2.75, 3.05) is 0 Å². The fourth-order valence-corrected chi connectivity index (χ4v) is 0.797. The smallest absolute Gasteiger partial charge is 0.243 e. The van der Waals surface area contributed by atoms with Gasteiger partial charge in [0.25, 0.3) is 0 Å². The Morgan fingerprint density at radius 1 is 0.857 bits per heavy atom. The average molecular weight is 230 g/mol. The summed E-state index contributed by atoms with van der Waals surface area (Å²) in [7, 11) is 0. The number of hydrogen-bond donors (Lipinski definition) is 0. The maximum absolute atomic E-state index is 12.6. The molecule has 0 amide bonds. The standard InChI is InChI=1S/C6H6F8/c1-2-3(7)4(8,5(9,10)11)6(12,13)14/h3H,2H2,1H3. The Bertz CT molecular complexity index is 175. The highest BCUT2D eigenvalue weighted by molar-refractivity contribution is 5.00. The van der Waals surface area contributed by atoms with Crippen molar-refractivity contribution < 1.29 is 35.1 Å². The van der Waals surface area contributed by atoms with Crippen LogP contribution >= 0.6 is 0 Å². The second-order valence-electron chi connectivity index (χ2n) is 2.58. The predicted molar refractivity (Wildman–Crippen MR) is 31.1 cm³/mol. The summed E-state index contributed by atoms with van der Waals surface area (Å²) in [6.07, 6.45) is -17.5. The zero-order chi connectivity index (χ0) is 11.8. The van der Waals surface area contributed by atoms with E-state index >= 15 is 0 Å². The van der Waals surface area contributed by atoms with Crippen LogP contribution in [0.2, 0.25) is 0 Å². The van der Waals surface area contributed by atoms with E-state index in [1.165, 1.54) is 0 Å². The van der Waals surface area contributed by atoms with E-state index in [-0.39, 0.29) is 0 Å². The van der Waals surface area contributed by atoms with Crippen LogP contribution in [-0.4, -0.2) is 24.2 Å². The zero-order valence-corrected chi connectivity index (χ0v) is 6.81. The molecule has 14 heavy (non-hydrogen) atoms. The van der Waals surface area contributed by atoms with Crippen molar-refractivity contribution in [3.05, 3.63) is 0 Å². The Labute approximate surface area is 73.9 Å². The van der Waals surface area contributed by atoms with E-state index in [0.717, 1.165) is 0 Å². The van der Waals surface area contributed by atoms with E-state index in [9.17, 15) is 35.1 Å². The molecule has 0 N–H and O–H groups in total. The lowest BCUT2D eigenvalue weighted by Gasteiger charge is -2.31. The molecule has 0 radical (unpaired) electrons. The summed E-state index contributed by atoms with van der Waals surface area (Å²) in [6, 6.07) is 0. The van der Waals surface area contributed by atoms with Crippen LogP contribution in [0.5, 0.6) is 0 Å². The minimum Gasteiger partial charge on any atom is -0.243 e. The maximum Gasteiger partial charge on any atom is 0.434 e. The van der Waals surface area contributed by atoms with Crippen molar-refractivity contribution >= 4 is 0 Å².